The molecule has 1 amide bonds. The van der Waals surface area contributed by atoms with Crippen LogP contribution in [-0.4, -0.2) is 61.5 Å². The summed E-state index contributed by atoms with van der Waals surface area (Å²) in [6.07, 6.45) is 2.58. The molecule has 0 saturated carbocycles. The highest BCUT2D eigenvalue weighted by atomic mass is 16.6. The lowest BCUT2D eigenvalue weighted by atomic mass is 10.2. The summed E-state index contributed by atoms with van der Waals surface area (Å²) < 4.78 is 7.45. The summed E-state index contributed by atoms with van der Waals surface area (Å²) in [5, 5.41) is 5.66. The monoisotopic (exact) mass is 420 g/mol. The molecular formula is C23H28N6O2. The molecular weight excluding hydrogens is 392 g/mol. The maximum absolute atomic E-state index is 12.6. The number of hydrogen-bond donors (Lipinski definition) is 0. The Morgan fingerprint density at radius 2 is 1.84 bits per heavy atom. The van der Waals surface area contributed by atoms with E-state index in [2.05, 4.69) is 40.1 Å². The van der Waals surface area contributed by atoms with Crippen molar-refractivity contribution in [1.82, 2.24) is 24.6 Å². The molecule has 8 heteroatoms. The molecule has 0 radical (unpaired) electrons. The molecule has 2 fully saturated rings. The summed E-state index contributed by atoms with van der Waals surface area (Å²) in [5.41, 5.74) is 1.74. The third kappa shape index (κ3) is 3.60. The quantitative estimate of drug-likeness (QED) is 0.630. The number of ether oxygens (including phenoxy) is 1. The van der Waals surface area contributed by atoms with Crippen molar-refractivity contribution in [3.05, 3.63) is 41.9 Å². The van der Waals surface area contributed by atoms with Gasteiger partial charge in [0, 0.05) is 24.5 Å². The van der Waals surface area contributed by atoms with E-state index in [1.165, 1.54) is 5.56 Å². The SMILES string of the molecule is Cc1ccc2c(cnn2-c2cc(N3CC4CC3CN4C(=O)OC(C)(C)C)nc(C)n2)c1. The zero-order valence-electron chi connectivity index (χ0n) is 18.7. The Bertz CT molecular complexity index is 1160. The van der Waals surface area contributed by atoms with Crippen LogP contribution in [0.3, 0.4) is 0 Å². The van der Waals surface area contributed by atoms with E-state index in [9.17, 15) is 4.79 Å². The Morgan fingerprint density at radius 3 is 2.55 bits per heavy atom. The molecule has 3 aromatic rings. The molecule has 162 valence electrons. The minimum Gasteiger partial charge on any atom is -0.444 e. The van der Waals surface area contributed by atoms with E-state index in [4.69, 9.17) is 9.72 Å². The van der Waals surface area contributed by atoms with Crippen molar-refractivity contribution in [1.29, 1.82) is 0 Å². The first-order valence-electron chi connectivity index (χ1n) is 10.7. The number of piperazine rings is 1. The van der Waals surface area contributed by atoms with Crippen molar-refractivity contribution < 1.29 is 9.53 Å². The number of benzene rings is 1. The third-order valence-corrected chi connectivity index (χ3v) is 5.91. The van der Waals surface area contributed by atoms with E-state index in [0.717, 1.165) is 35.5 Å². The van der Waals surface area contributed by atoms with E-state index in [1.807, 2.05) is 49.5 Å². The van der Waals surface area contributed by atoms with Crippen LogP contribution in [0, 0.1) is 13.8 Å². The van der Waals surface area contributed by atoms with Crippen molar-refractivity contribution in [3.63, 3.8) is 0 Å². The average Bonchev–Trinajstić information content (AvgIpc) is 3.39. The van der Waals surface area contributed by atoms with Crippen LogP contribution in [0.1, 0.15) is 38.6 Å². The molecule has 5 rings (SSSR count). The van der Waals surface area contributed by atoms with Gasteiger partial charge in [-0.2, -0.15) is 5.10 Å². The Kier molecular flexibility index (Phi) is 4.42. The van der Waals surface area contributed by atoms with Gasteiger partial charge in [-0.3, -0.25) is 0 Å². The topological polar surface area (TPSA) is 76.4 Å². The Hall–Kier alpha value is -3.16. The molecule has 0 aliphatic carbocycles. The van der Waals surface area contributed by atoms with Gasteiger partial charge in [0.15, 0.2) is 5.82 Å². The number of aromatic nitrogens is 4. The molecule has 31 heavy (non-hydrogen) atoms. The maximum Gasteiger partial charge on any atom is 0.410 e. The Labute approximate surface area is 181 Å². The van der Waals surface area contributed by atoms with Gasteiger partial charge >= 0.3 is 6.09 Å². The van der Waals surface area contributed by atoms with Gasteiger partial charge in [0.05, 0.1) is 23.8 Å². The molecule has 4 heterocycles. The largest absolute Gasteiger partial charge is 0.444 e. The normalized spacial score (nSPS) is 20.7. The van der Waals surface area contributed by atoms with Crippen LogP contribution >= 0.6 is 0 Å². The molecule has 2 bridgehead atoms. The summed E-state index contributed by atoms with van der Waals surface area (Å²) >= 11 is 0. The van der Waals surface area contributed by atoms with Crippen molar-refractivity contribution in [2.24, 2.45) is 0 Å². The number of carbonyl (C=O) groups is 1. The van der Waals surface area contributed by atoms with E-state index in [0.29, 0.717) is 12.4 Å². The zero-order chi connectivity index (χ0) is 21.9. The number of fused-ring (bicyclic) bond motifs is 3. The minimum atomic E-state index is -0.484. The van der Waals surface area contributed by atoms with Gasteiger partial charge in [-0.25, -0.2) is 19.4 Å². The van der Waals surface area contributed by atoms with Gasteiger partial charge in [-0.05, 0) is 53.2 Å². The lowest BCUT2D eigenvalue weighted by Gasteiger charge is -2.35. The zero-order valence-corrected chi connectivity index (χ0v) is 18.7. The number of aryl methyl sites for hydroxylation is 2. The van der Waals surface area contributed by atoms with Crippen molar-refractivity contribution in [2.45, 2.75) is 58.7 Å². The molecule has 2 saturated heterocycles. The van der Waals surface area contributed by atoms with Gasteiger partial charge in [-0.1, -0.05) is 11.6 Å². The first-order chi connectivity index (χ1) is 14.7. The summed E-state index contributed by atoms with van der Waals surface area (Å²) in [6.45, 7) is 11.1. The molecule has 2 aromatic heterocycles. The van der Waals surface area contributed by atoms with E-state index in [1.54, 1.807) is 0 Å². The second-order valence-corrected chi connectivity index (χ2v) is 9.58. The standard InChI is InChI=1S/C23H28N6O2/c1-14-6-7-19-16(8-14)11-24-29(19)21-10-20(25-15(2)26-21)27-12-18-9-17(27)13-28(18)22(30)31-23(3,4)5/h6-8,10-11,17-18H,9,12-13H2,1-5H3. The molecule has 0 spiro atoms. The van der Waals surface area contributed by atoms with Crippen molar-refractivity contribution >= 4 is 22.8 Å². The number of rotatable bonds is 2. The van der Waals surface area contributed by atoms with Crippen LogP contribution in [-0.2, 0) is 4.74 Å². The molecule has 1 aromatic carbocycles. The molecule has 2 aliphatic rings. The van der Waals surface area contributed by atoms with Crippen molar-refractivity contribution in [3.8, 4) is 5.82 Å². The number of amides is 1. The van der Waals surface area contributed by atoms with E-state index >= 15 is 0 Å². The Balaban J connectivity index is 1.41. The predicted molar refractivity (Wildman–Crippen MR) is 119 cm³/mol. The predicted octanol–water partition coefficient (Wildman–Crippen LogP) is 3.63. The fraction of sp³-hybridized carbons (Fsp3) is 0.478. The number of carbonyl (C=O) groups excluding carboxylic acids is 1. The minimum absolute atomic E-state index is 0.145. The maximum atomic E-state index is 12.6. The van der Waals surface area contributed by atoms with Gasteiger partial charge in [0.2, 0.25) is 0 Å². The van der Waals surface area contributed by atoms with Crippen LogP contribution in [0.5, 0.6) is 0 Å². The van der Waals surface area contributed by atoms with E-state index in [-0.39, 0.29) is 18.2 Å². The number of hydrogen-bond acceptors (Lipinski definition) is 6. The van der Waals surface area contributed by atoms with Crippen molar-refractivity contribution in [2.75, 3.05) is 18.0 Å². The first kappa shape index (κ1) is 19.8. The number of anilines is 1. The summed E-state index contributed by atoms with van der Waals surface area (Å²) in [7, 11) is 0. The third-order valence-electron chi connectivity index (χ3n) is 5.91. The number of nitrogens with zero attached hydrogens (tertiary/aromatic N) is 6. The lowest BCUT2D eigenvalue weighted by Crippen LogP contribution is -2.50. The fourth-order valence-corrected chi connectivity index (χ4v) is 4.62. The fourth-order valence-electron chi connectivity index (χ4n) is 4.62. The van der Waals surface area contributed by atoms with Gasteiger partial charge in [0.25, 0.3) is 0 Å². The highest BCUT2D eigenvalue weighted by Crippen LogP contribution is 2.35. The van der Waals surface area contributed by atoms with Crippen LogP contribution < -0.4 is 4.90 Å². The second kappa shape index (κ2) is 6.93. The van der Waals surface area contributed by atoms with Gasteiger partial charge in [-0.15, -0.1) is 0 Å². The lowest BCUT2D eigenvalue weighted by molar-refractivity contribution is 0.0214. The second-order valence-electron chi connectivity index (χ2n) is 9.58. The number of likely N-dealkylation sites (tertiary alicyclic amines) is 1. The Morgan fingerprint density at radius 1 is 1.06 bits per heavy atom. The smallest absolute Gasteiger partial charge is 0.410 e. The molecule has 8 nitrogen and oxygen atoms in total. The highest BCUT2D eigenvalue weighted by Gasteiger charge is 2.47. The van der Waals surface area contributed by atoms with Crippen LogP contribution in [0.4, 0.5) is 10.6 Å². The molecule has 2 atom stereocenters. The molecule has 2 unspecified atom stereocenters. The van der Waals surface area contributed by atoms with Gasteiger partial charge in [0.1, 0.15) is 17.2 Å². The average molecular weight is 421 g/mol. The van der Waals surface area contributed by atoms with Crippen LogP contribution in [0.25, 0.3) is 16.7 Å². The molecule has 2 aliphatic heterocycles. The first-order valence-corrected chi connectivity index (χ1v) is 10.7. The summed E-state index contributed by atoms with van der Waals surface area (Å²) in [6, 6.07) is 8.66. The van der Waals surface area contributed by atoms with Crippen LogP contribution in [0.2, 0.25) is 0 Å². The summed E-state index contributed by atoms with van der Waals surface area (Å²) in [5.74, 6) is 2.35. The summed E-state index contributed by atoms with van der Waals surface area (Å²) in [4.78, 5) is 26.1. The highest BCUT2D eigenvalue weighted by molar-refractivity contribution is 5.80. The van der Waals surface area contributed by atoms with Gasteiger partial charge < -0.3 is 14.5 Å². The van der Waals surface area contributed by atoms with Crippen LogP contribution in [0.15, 0.2) is 30.5 Å². The van der Waals surface area contributed by atoms with E-state index < -0.39 is 5.60 Å². The molecule has 0 N–H and O–H groups in total.